The number of benzene rings is 3. The van der Waals surface area contributed by atoms with E-state index in [9.17, 15) is 19.2 Å². The topological polar surface area (TPSA) is 175 Å². The van der Waals surface area contributed by atoms with Crippen LogP contribution in [0.3, 0.4) is 0 Å². The van der Waals surface area contributed by atoms with Crippen molar-refractivity contribution in [2.45, 2.75) is 71.6 Å². The number of aromatic amines is 2. The molecule has 15 heteroatoms. The summed E-state index contributed by atoms with van der Waals surface area (Å²) in [5.74, 6) is 1.24. The number of amides is 4. The Morgan fingerprint density at radius 1 is 0.800 bits per heavy atom. The highest BCUT2D eigenvalue weighted by molar-refractivity contribution is 7.80. The second-order valence-electron chi connectivity index (χ2n) is 16.7. The van der Waals surface area contributed by atoms with Gasteiger partial charge in [0, 0.05) is 24.4 Å². The summed E-state index contributed by atoms with van der Waals surface area (Å²) in [5.41, 5.74) is 5.92. The summed E-state index contributed by atoms with van der Waals surface area (Å²) in [4.78, 5) is 71.2. The van der Waals surface area contributed by atoms with Gasteiger partial charge in [-0.3, -0.25) is 9.59 Å². The Morgan fingerprint density at radius 2 is 1.37 bits per heavy atom. The third-order valence-corrected chi connectivity index (χ3v) is 12.0. The molecule has 3 aromatic carbocycles. The fraction of sp³-hybridized carbons (Fsp3) is 0.422. The van der Waals surface area contributed by atoms with E-state index in [1.807, 2.05) is 50.9 Å². The maximum absolute atomic E-state index is 13.9. The number of nitrogens with zero attached hydrogens (tertiary/aromatic N) is 4. The van der Waals surface area contributed by atoms with Crippen molar-refractivity contribution >= 4 is 47.4 Å². The van der Waals surface area contributed by atoms with Gasteiger partial charge < -0.3 is 39.9 Å². The number of hydrogen-bond acceptors (Lipinski definition) is 9. The molecule has 5 aromatic rings. The van der Waals surface area contributed by atoms with Crippen LogP contribution in [0, 0.1) is 17.3 Å². The van der Waals surface area contributed by atoms with E-state index in [-0.39, 0.29) is 41.7 Å². The van der Waals surface area contributed by atoms with Crippen molar-refractivity contribution in [3.05, 3.63) is 84.7 Å². The first-order chi connectivity index (χ1) is 28.8. The van der Waals surface area contributed by atoms with Gasteiger partial charge in [0.05, 0.1) is 50.6 Å². The van der Waals surface area contributed by atoms with Gasteiger partial charge in [-0.25, -0.2) is 19.6 Å². The number of fused-ring (bicyclic) bond motifs is 1. The van der Waals surface area contributed by atoms with Crippen LogP contribution in [0.25, 0.3) is 44.4 Å². The molecule has 3 heterocycles. The minimum absolute atomic E-state index is 0.108. The summed E-state index contributed by atoms with van der Waals surface area (Å²) in [5, 5.41) is 7.59. The van der Waals surface area contributed by atoms with E-state index >= 15 is 0 Å². The molecular formula is C45H54N8O6S. The van der Waals surface area contributed by atoms with Crippen LogP contribution in [0.4, 0.5) is 9.59 Å². The van der Waals surface area contributed by atoms with E-state index in [2.05, 4.69) is 86.7 Å². The Hall–Kier alpha value is -5.83. The predicted octanol–water partition coefficient (Wildman–Crippen LogP) is 7.36. The van der Waals surface area contributed by atoms with Gasteiger partial charge in [0.25, 0.3) is 0 Å². The highest BCUT2D eigenvalue weighted by atomic mass is 32.1. The largest absolute Gasteiger partial charge is 0.453 e. The Labute approximate surface area is 355 Å². The van der Waals surface area contributed by atoms with Crippen molar-refractivity contribution in [1.82, 2.24) is 40.4 Å². The predicted molar refractivity (Wildman–Crippen MR) is 233 cm³/mol. The fourth-order valence-electron chi connectivity index (χ4n) is 8.09. The molecule has 14 nitrogen and oxygen atoms in total. The normalized spacial score (nSPS) is 16.6. The van der Waals surface area contributed by atoms with Gasteiger partial charge in [0.2, 0.25) is 11.8 Å². The Balaban J connectivity index is 1.03. The number of H-pyrrole nitrogens is 2. The third kappa shape index (κ3) is 9.15. The van der Waals surface area contributed by atoms with Gasteiger partial charge in [0.15, 0.2) is 0 Å². The number of thiol groups is 1. The van der Waals surface area contributed by atoms with E-state index in [1.54, 1.807) is 11.1 Å². The lowest BCUT2D eigenvalue weighted by molar-refractivity contribution is -0.136. The van der Waals surface area contributed by atoms with Crippen LogP contribution in [0.15, 0.2) is 73.1 Å². The van der Waals surface area contributed by atoms with Crippen molar-refractivity contribution in [2.24, 2.45) is 17.3 Å². The average molecular weight is 835 g/mol. The van der Waals surface area contributed by atoms with E-state index in [1.165, 1.54) is 14.2 Å². The van der Waals surface area contributed by atoms with Crippen molar-refractivity contribution in [1.29, 1.82) is 0 Å². The quantitative estimate of drug-likeness (QED) is 0.0722. The smallest absolute Gasteiger partial charge is 0.407 e. The number of rotatable bonds is 14. The van der Waals surface area contributed by atoms with Crippen LogP contribution >= 0.6 is 12.6 Å². The van der Waals surface area contributed by atoms with Crippen molar-refractivity contribution in [3.8, 4) is 33.6 Å². The van der Waals surface area contributed by atoms with E-state index in [4.69, 9.17) is 14.5 Å². The van der Waals surface area contributed by atoms with Crippen LogP contribution in [0.5, 0.6) is 0 Å². The first-order valence-corrected chi connectivity index (χ1v) is 21.1. The van der Waals surface area contributed by atoms with Gasteiger partial charge in [-0.1, -0.05) is 76.2 Å². The first-order valence-electron chi connectivity index (χ1n) is 20.4. The van der Waals surface area contributed by atoms with Crippen LogP contribution in [-0.2, 0) is 25.6 Å². The molecule has 1 saturated heterocycles. The molecule has 1 aliphatic carbocycles. The number of likely N-dealkylation sites (tertiary alicyclic amines) is 1. The molecule has 3 unspecified atom stereocenters. The number of alkyl carbamates (subject to hydrolysis) is 2. The highest BCUT2D eigenvalue weighted by Crippen LogP contribution is 2.58. The molecule has 2 aliphatic rings. The highest BCUT2D eigenvalue weighted by Gasteiger charge is 2.55. The fourth-order valence-corrected chi connectivity index (χ4v) is 8.33. The monoisotopic (exact) mass is 834 g/mol. The Bertz CT molecular complexity index is 2350. The molecular weight excluding hydrogens is 781 g/mol. The summed E-state index contributed by atoms with van der Waals surface area (Å²) in [6.07, 6.45) is 5.34. The summed E-state index contributed by atoms with van der Waals surface area (Å²) in [6.45, 7) is 8.86. The molecule has 4 amide bonds. The maximum Gasteiger partial charge on any atom is 0.407 e. The number of aromatic nitrogens is 4. The van der Waals surface area contributed by atoms with Gasteiger partial charge in [-0.05, 0) is 76.1 Å². The molecule has 7 rings (SSSR count). The standard InChI is InChI=1S/C45H54N8O6S/c1-26(2)38(50-43(56)58-5)41(54)52(17-18-60)24-37-46-22-34(48-37)29-9-7-28(8-10-29)30-11-12-32-20-33(14-13-31(32)19-30)35-23-47-40(49-35)36-21-45(15-16-45)25-53(36)42(55)39(27(3)4)51-44(57)59-6/h7-14,19-20,22-23,26-27,36,38-39,60H,15-18,21,24-25H2,1-6H3,(H,46,48)(H,47,49)(H,50,56)(H,51,57). The average Bonchev–Trinajstić information content (AvgIpc) is 3.56. The molecule has 0 radical (unpaired) electrons. The van der Waals surface area contributed by atoms with E-state index in [0.717, 1.165) is 69.5 Å². The summed E-state index contributed by atoms with van der Waals surface area (Å²) in [6, 6.07) is 19.4. The number of carbonyl (C=O) groups is 4. The Morgan fingerprint density at radius 3 is 1.98 bits per heavy atom. The van der Waals surface area contributed by atoms with Crippen LogP contribution < -0.4 is 10.6 Å². The SMILES string of the molecule is COC(=O)NC(C(=O)N(CCS)Cc1ncc(-c2ccc(-c3ccc4cc(-c5cnc(C6CC7(CC7)CN6C(=O)C(NC(=O)OC)C(C)C)[nH]5)ccc4c3)cc2)[nH]1)C(C)C. The zero-order chi connectivity index (χ0) is 42.7. The molecule has 1 saturated carbocycles. The second kappa shape index (κ2) is 17.8. The lowest BCUT2D eigenvalue weighted by Crippen LogP contribution is -2.51. The molecule has 3 atom stereocenters. The third-order valence-electron chi connectivity index (χ3n) is 11.8. The number of hydrogen-bond donors (Lipinski definition) is 5. The molecule has 0 bridgehead atoms. The van der Waals surface area contributed by atoms with Gasteiger partial charge in [0.1, 0.15) is 23.7 Å². The number of imidazole rings is 2. The molecule has 2 fully saturated rings. The van der Waals surface area contributed by atoms with Crippen LogP contribution in [-0.4, -0.2) is 98.9 Å². The molecule has 2 aromatic heterocycles. The zero-order valence-electron chi connectivity index (χ0n) is 35.0. The number of ether oxygens (including phenoxy) is 2. The lowest BCUT2D eigenvalue weighted by Gasteiger charge is -2.30. The van der Waals surface area contributed by atoms with Crippen LogP contribution in [0.2, 0.25) is 0 Å². The van der Waals surface area contributed by atoms with Gasteiger partial charge in [-0.2, -0.15) is 12.6 Å². The van der Waals surface area contributed by atoms with Crippen molar-refractivity contribution in [2.75, 3.05) is 33.1 Å². The van der Waals surface area contributed by atoms with Crippen molar-refractivity contribution < 1.29 is 28.7 Å². The zero-order valence-corrected chi connectivity index (χ0v) is 35.8. The summed E-state index contributed by atoms with van der Waals surface area (Å²) >= 11 is 4.36. The summed E-state index contributed by atoms with van der Waals surface area (Å²) < 4.78 is 9.55. The minimum atomic E-state index is -0.743. The molecule has 316 valence electrons. The molecule has 1 aliphatic heterocycles. The van der Waals surface area contributed by atoms with Crippen molar-refractivity contribution in [3.63, 3.8) is 0 Å². The number of nitrogens with one attached hydrogen (secondary N) is 4. The van der Waals surface area contributed by atoms with Gasteiger partial charge in [-0.15, -0.1) is 0 Å². The molecule has 4 N–H and O–H groups in total. The van der Waals surface area contributed by atoms with Gasteiger partial charge >= 0.3 is 12.2 Å². The maximum atomic E-state index is 13.9. The Kier molecular flexibility index (Phi) is 12.5. The van der Waals surface area contributed by atoms with E-state index < -0.39 is 24.3 Å². The first kappa shape index (κ1) is 42.3. The number of carbonyl (C=O) groups excluding carboxylic acids is 4. The molecule has 1 spiro atoms. The second-order valence-corrected chi connectivity index (χ2v) is 17.1. The number of methoxy groups -OCH3 is 2. The van der Waals surface area contributed by atoms with E-state index in [0.29, 0.717) is 24.7 Å². The summed E-state index contributed by atoms with van der Waals surface area (Å²) in [7, 11) is 2.57. The van der Waals surface area contributed by atoms with Crippen LogP contribution in [0.1, 0.15) is 64.6 Å². The lowest BCUT2D eigenvalue weighted by atomic mass is 9.98. The minimum Gasteiger partial charge on any atom is -0.453 e. The molecule has 60 heavy (non-hydrogen) atoms.